The van der Waals surface area contributed by atoms with Crippen LogP contribution in [0.3, 0.4) is 0 Å². The van der Waals surface area contributed by atoms with E-state index in [1.54, 1.807) is 37.3 Å². The summed E-state index contributed by atoms with van der Waals surface area (Å²) in [7, 11) is 0. The second-order valence-electron chi connectivity index (χ2n) is 4.61. The molecule has 21 heavy (non-hydrogen) atoms. The van der Waals surface area contributed by atoms with E-state index in [4.69, 9.17) is 0 Å². The van der Waals surface area contributed by atoms with Gasteiger partial charge >= 0.3 is 0 Å². The van der Waals surface area contributed by atoms with Crippen molar-refractivity contribution in [2.75, 3.05) is 0 Å². The van der Waals surface area contributed by atoms with Crippen molar-refractivity contribution >= 4 is 11.9 Å². The highest BCUT2D eigenvalue weighted by Crippen LogP contribution is 2.14. The average molecular weight is 273 g/mol. The van der Waals surface area contributed by atoms with Gasteiger partial charge in [0, 0.05) is 5.56 Å². The van der Waals surface area contributed by atoms with Crippen LogP contribution in [0.2, 0.25) is 0 Å². The molecule has 0 aliphatic heterocycles. The Bertz CT molecular complexity index is 719. The molecule has 2 heteroatoms. The van der Waals surface area contributed by atoms with Crippen LogP contribution in [-0.2, 0) is 0 Å². The lowest BCUT2D eigenvalue weighted by Gasteiger charge is -2.01. The minimum Gasteiger partial charge on any atom is -0.288 e. The number of benzene rings is 2. The van der Waals surface area contributed by atoms with Gasteiger partial charge in [-0.3, -0.25) is 4.79 Å². The number of hydrogen-bond acceptors (Lipinski definition) is 2. The van der Waals surface area contributed by atoms with Gasteiger partial charge in [0.1, 0.15) is 11.6 Å². The third-order valence-electron chi connectivity index (χ3n) is 3.09. The van der Waals surface area contributed by atoms with E-state index in [9.17, 15) is 10.1 Å². The van der Waals surface area contributed by atoms with Crippen molar-refractivity contribution < 1.29 is 4.79 Å². The first-order valence-electron chi connectivity index (χ1n) is 6.66. The molecule has 102 valence electrons. The van der Waals surface area contributed by atoms with Gasteiger partial charge in [0.15, 0.2) is 0 Å². The van der Waals surface area contributed by atoms with Crippen LogP contribution in [-0.4, -0.2) is 5.78 Å². The molecule has 2 rings (SSSR count). The first-order valence-corrected chi connectivity index (χ1v) is 6.66. The topological polar surface area (TPSA) is 40.9 Å². The molecular weight excluding hydrogens is 258 g/mol. The van der Waals surface area contributed by atoms with Crippen LogP contribution < -0.4 is 0 Å². The van der Waals surface area contributed by atoms with Crippen molar-refractivity contribution in [3.05, 3.63) is 89.0 Å². The van der Waals surface area contributed by atoms with Gasteiger partial charge in [0.2, 0.25) is 5.78 Å². The van der Waals surface area contributed by atoms with Gasteiger partial charge in [0.05, 0.1) is 0 Å². The maximum atomic E-state index is 12.3. The van der Waals surface area contributed by atoms with Crippen molar-refractivity contribution in [1.82, 2.24) is 0 Å². The van der Waals surface area contributed by atoms with Crippen molar-refractivity contribution in [1.29, 1.82) is 5.26 Å². The zero-order chi connectivity index (χ0) is 15.1. The van der Waals surface area contributed by atoms with Gasteiger partial charge < -0.3 is 0 Å². The molecule has 2 aromatic rings. The molecule has 0 amide bonds. The molecule has 0 aliphatic rings. The summed E-state index contributed by atoms with van der Waals surface area (Å²) in [6.07, 6.45) is 3.69. The van der Waals surface area contributed by atoms with E-state index in [0.717, 1.165) is 5.56 Å². The van der Waals surface area contributed by atoms with Gasteiger partial charge in [-0.05, 0) is 18.1 Å². The molecule has 0 unspecified atom stereocenters. The number of hydrogen-bond donors (Lipinski definition) is 0. The molecule has 0 heterocycles. The fraction of sp³-hybridized carbons (Fsp3) is 0.0526. The van der Waals surface area contributed by atoms with E-state index in [1.807, 2.05) is 48.5 Å². The SMILES string of the molecule is CC(C=Cc1ccccc1)=C(C#N)C(=O)c1ccccc1. The summed E-state index contributed by atoms with van der Waals surface area (Å²) in [5.41, 5.74) is 2.39. The average Bonchev–Trinajstić information content (AvgIpc) is 2.55. The van der Waals surface area contributed by atoms with Gasteiger partial charge in [-0.2, -0.15) is 5.26 Å². The molecule has 0 saturated carbocycles. The number of carbonyl (C=O) groups is 1. The standard InChI is InChI=1S/C19H15NO/c1-15(12-13-16-8-4-2-5-9-16)18(14-20)19(21)17-10-6-3-7-11-17/h2-13H,1H3. The second-order valence-corrected chi connectivity index (χ2v) is 4.61. The highest BCUT2D eigenvalue weighted by atomic mass is 16.1. The van der Waals surface area contributed by atoms with Crippen LogP contribution in [0.15, 0.2) is 77.9 Å². The van der Waals surface area contributed by atoms with Crippen molar-refractivity contribution in [3.8, 4) is 6.07 Å². The van der Waals surface area contributed by atoms with E-state index >= 15 is 0 Å². The Hall–Kier alpha value is -2.92. The Balaban J connectivity index is 2.29. The number of nitriles is 1. The van der Waals surface area contributed by atoms with Crippen LogP contribution >= 0.6 is 0 Å². The Morgan fingerprint density at radius 1 is 1.00 bits per heavy atom. The first-order chi connectivity index (χ1) is 10.2. The first kappa shape index (κ1) is 14.5. The molecule has 0 aliphatic carbocycles. The van der Waals surface area contributed by atoms with Crippen LogP contribution in [0.5, 0.6) is 0 Å². The molecule has 2 aromatic carbocycles. The number of rotatable bonds is 4. The van der Waals surface area contributed by atoms with E-state index in [2.05, 4.69) is 0 Å². The Morgan fingerprint density at radius 2 is 1.57 bits per heavy atom. The molecule has 0 bridgehead atoms. The molecule has 0 fully saturated rings. The van der Waals surface area contributed by atoms with Crippen LogP contribution in [0.1, 0.15) is 22.8 Å². The predicted octanol–water partition coefficient (Wildman–Crippen LogP) is 4.42. The summed E-state index contributed by atoms with van der Waals surface area (Å²) in [5.74, 6) is -0.242. The summed E-state index contributed by atoms with van der Waals surface area (Å²) < 4.78 is 0. The van der Waals surface area contributed by atoms with E-state index in [-0.39, 0.29) is 11.4 Å². The highest BCUT2D eigenvalue weighted by Gasteiger charge is 2.13. The van der Waals surface area contributed by atoms with Crippen molar-refractivity contribution in [2.24, 2.45) is 0 Å². The quantitative estimate of drug-likeness (QED) is 0.358. The van der Waals surface area contributed by atoms with E-state index in [1.165, 1.54) is 0 Å². The molecule has 0 radical (unpaired) electrons. The molecule has 0 N–H and O–H groups in total. The molecule has 0 spiro atoms. The van der Waals surface area contributed by atoms with Crippen molar-refractivity contribution in [3.63, 3.8) is 0 Å². The fourth-order valence-electron chi connectivity index (χ4n) is 1.92. The maximum Gasteiger partial charge on any atom is 0.203 e. The lowest BCUT2D eigenvalue weighted by molar-refractivity contribution is 0.103. The van der Waals surface area contributed by atoms with Crippen molar-refractivity contribution in [2.45, 2.75) is 6.92 Å². The number of Topliss-reactive ketones (excluding diaryl/α,β-unsaturated/α-hetero) is 1. The van der Waals surface area contributed by atoms with Gasteiger partial charge in [-0.25, -0.2) is 0 Å². The zero-order valence-electron chi connectivity index (χ0n) is 11.8. The minimum absolute atomic E-state index is 0.174. The fourth-order valence-corrected chi connectivity index (χ4v) is 1.92. The van der Waals surface area contributed by atoms with E-state index < -0.39 is 0 Å². The summed E-state index contributed by atoms with van der Waals surface area (Å²) >= 11 is 0. The van der Waals surface area contributed by atoms with Crippen LogP contribution in [0.4, 0.5) is 0 Å². The summed E-state index contributed by atoms with van der Waals surface area (Å²) in [6.45, 7) is 1.78. The highest BCUT2D eigenvalue weighted by molar-refractivity contribution is 6.12. The van der Waals surface area contributed by atoms with Gasteiger partial charge in [-0.1, -0.05) is 72.8 Å². The largest absolute Gasteiger partial charge is 0.288 e. The number of carbonyl (C=O) groups excluding carboxylic acids is 1. The van der Waals surface area contributed by atoms with Gasteiger partial charge in [0.25, 0.3) is 0 Å². The number of ketones is 1. The van der Waals surface area contributed by atoms with Crippen LogP contribution in [0, 0.1) is 11.3 Å². The Morgan fingerprint density at radius 3 is 2.14 bits per heavy atom. The maximum absolute atomic E-state index is 12.3. The van der Waals surface area contributed by atoms with Gasteiger partial charge in [-0.15, -0.1) is 0 Å². The molecule has 2 nitrogen and oxygen atoms in total. The molecule has 0 aromatic heterocycles. The monoisotopic (exact) mass is 273 g/mol. The summed E-state index contributed by atoms with van der Waals surface area (Å²) in [5, 5.41) is 9.26. The number of nitrogens with zero attached hydrogens (tertiary/aromatic N) is 1. The third-order valence-corrected chi connectivity index (χ3v) is 3.09. The van der Waals surface area contributed by atoms with E-state index in [0.29, 0.717) is 11.1 Å². The summed E-state index contributed by atoms with van der Waals surface area (Å²) in [6, 6.07) is 20.6. The number of allylic oxidation sites excluding steroid dienone is 3. The Labute approximate surface area is 124 Å². The predicted molar refractivity (Wildman–Crippen MR) is 84.6 cm³/mol. The zero-order valence-corrected chi connectivity index (χ0v) is 11.8. The molecule has 0 saturated heterocycles. The lowest BCUT2D eigenvalue weighted by atomic mass is 9.99. The third kappa shape index (κ3) is 3.77. The lowest BCUT2D eigenvalue weighted by Crippen LogP contribution is -2.03. The smallest absolute Gasteiger partial charge is 0.203 e. The normalized spacial score (nSPS) is 11.8. The molecular formula is C19H15NO. The molecule has 0 atom stereocenters. The summed E-state index contributed by atoms with van der Waals surface area (Å²) in [4.78, 5) is 12.3. The second kappa shape index (κ2) is 7.02. The van der Waals surface area contributed by atoms with Crippen LogP contribution in [0.25, 0.3) is 6.08 Å². The minimum atomic E-state index is -0.242. The Kier molecular flexibility index (Phi) is 4.84.